The van der Waals surface area contributed by atoms with Crippen LogP contribution in [0, 0.1) is 0 Å². The van der Waals surface area contributed by atoms with Crippen molar-refractivity contribution in [2.75, 3.05) is 11.9 Å². The van der Waals surface area contributed by atoms with E-state index in [4.69, 9.17) is 4.74 Å². The molecule has 2 N–H and O–H groups in total. The second kappa shape index (κ2) is 5.91. The summed E-state index contributed by atoms with van der Waals surface area (Å²) in [6, 6.07) is 5.68. The van der Waals surface area contributed by atoms with Crippen molar-refractivity contribution in [1.82, 2.24) is 14.5 Å². The van der Waals surface area contributed by atoms with Crippen LogP contribution in [0.2, 0.25) is 0 Å². The monoisotopic (exact) mass is 316 g/mol. The number of rotatable bonds is 4. The van der Waals surface area contributed by atoms with E-state index >= 15 is 0 Å². The molecule has 0 saturated heterocycles. The SMILES string of the molecule is CC(C)n1c(=O)nc(N[C@@H](C)c2ccc3c(c2)OCC3)[nH]c1=O. The highest BCUT2D eigenvalue weighted by Crippen LogP contribution is 2.29. The van der Waals surface area contributed by atoms with Crippen LogP contribution in [0.4, 0.5) is 5.95 Å². The smallest absolute Gasteiger partial charge is 0.355 e. The summed E-state index contributed by atoms with van der Waals surface area (Å²) in [5.74, 6) is 1.07. The standard InChI is InChI=1S/C16H20N4O3/c1-9(2)20-15(21)18-14(19-16(20)22)17-10(3)12-5-4-11-6-7-23-13(11)8-12/h4-5,8-10H,6-7H2,1-3H3,(H2,17,18,19,21,22)/t10-/m0/s1. The van der Waals surface area contributed by atoms with Gasteiger partial charge in [-0.2, -0.15) is 4.98 Å². The van der Waals surface area contributed by atoms with Crippen LogP contribution in [0.5, 0.6) is 5.75 Å². The molecular formula is C16H20N4O3. The van der Waals surface area contributed by atoms with Crippen molar-refractivity contribution in [1.29, 1.82) is 0 Å². The number of fused-ring (bicyclic) bond motifs is 1. The van der Waals surface area contributed by atoms with Crippen LogP contribution in [0.15, 0.2) is 27.8 Å². The number of benzene rings is 1. The topological polar surface area (TPSA) is 89.0 Å². The molecule has 0 saturated carbocycles. The fraction of sp³-hybridized carbons (Fsp3) is 0.438. The Morgan fingerprint density at radius 1 is 1.30 bits per heavy atom. The summed E-state index contributed by atoms with van der Waals surface area (Å²) >= 11 is 0. The van der Waals surface area contributed by atoms with E-state index in [0.29, 0.717) is 6.61 Å². The lowest BCUT2D eigenvalue weighted by Crippen LogP contribution is -2.39. The Bertz CT molecular complexity index is 807. The lowest BCUT2D eigenvalue weighted by Gasteiger charge is -2.16. The highest BCUT2D eigenvalue weighted by Gasteiger charge is 2.16. The van der Waals surface area contributed by atoms with Crippen molar-refractivity contribution >= 4 is 5.95 Å². The van der Waals surface area contributed by atoms with Crippen molar-refractivity contribution in [3.63, 3.8) is 0 Å². The molecule has 0 radical (unpaired) electrons. The van der Waals surface area contributed by atoms with Gasteiger partial charge in [0.1, 0.15) is 5.75 Å². The molecule has 23 heavy (non-hydrogen) atoms. The van der Waals surface area contributed by atoms with E-state index in [0.717, 1.165) is 22.3 Å². The van der Waals surface area contributed by atoms with Crippen LogP contribution in [0.25, 0.3) is 0 Å². The van der Waals surface area contributed by atoms with Crippen LogP contribution in [-0.4, -0.2) is 21.1 Å². The van der Waals surface area contributed by atoms with Gasteiger partial charge in [0.25, 0.3) is 0 Å². The molecule has 0 spiro atoms. The first kappa shape index (κ1) is 15.3. The quantitative estimate of drug-likeness (QED) is 0.895. The molecule has 1 aliphatic rings. The largest absolute Gasteiger partial charge is 0.493 e. The van der Waals surface area contributed by atoms with Gasteiger partial charge in [0, 0.05) is 12.5 Å². The van der Waals surface area contributed by atoms with Crippen molar-refractivity contribution in [3.05, 3.63) is 50.3 Å². The van der Waals surface area contributed by atoms with Crippen molar-refractivity contribution in [2.45, 2.75) is 39.3 Å². The summed E-state index contributed by atoms with van der Waals surface area (Å²) < 4.78 is 6.65. The predicted molar refractivity (Wildman–Crippen MR) is 87.2 cm³/mol. The van der Waals surface area contributed by atoms with Crippen molar-refractivity contribution in [2.24, 2.45) is 0 Å². The van der Waals surface area contributed by atoms with Crippen molar-refractivity contribution < 1.29 is 4.74 Å². The number of nitrogens with one attached hydrogen (secondary N) is 2. The molecule has 0 aliphatic carbocycles. The normalized spacial score (nSPS) is 14.4. The Morgan fingerprint density at radius 3 is 2.78 bits per heavy atom. The van der Waals surface area contributed by atoms with Gasteiger partial charge in [0.2, 0.25) is 5.95 Å². The van der Waals surface area contributed by atoms with E-state index < -0.39 is 11.4 Å². The van der Waals surface area contributed by atoms with Crippen LogP contribution in [-0.2, 0) is 6.42 Å². The zero-order valence-corrected chi connectivity index (χ0v) is 13.4. The summed E-state index contributed by atoms with van der Waals surface area (Å²) in [4.78, 5) is 30.4. The molecule has 7 heteroatoms. The zero-order valence-electron chi connectivity index (χ0n) is 13.4. The molecule has 7 nitrogen and oxygen atoms in total. The average Bonchev–Trinajstić information content (AvgIpc) is 2.93. The number of aromatic amines is 1. The number of hydrogen-bond donors (Lipinski definition) is 2. The third-order valence-corrected chi connectivity index (χ3v) is 3.95. The second-order valence-corrected chi connectivity index (χ2v) is 5.97. The number of H-pyrrole nitrogens is 1. The van der Waals surface area contributed by atoms with E-state index in [1.54, 1.807) is 13.8 Å². The molecule has 122 valence electrons. The van der Waals surface area contributed by atoms with Gasteiger partial charge in [-0.05, 0) is 38.0 Å². The summed E-state index contributed by atoms with van der Waals surface area (Å²) in [7, 11) is 0. The summed E-state index contributed by atoms with van der Waals surface area (Å²) in [5, 5.41) is 3.06. The van der Waals surface area contributed by atoms with Crippen molar-refractivity contribution in [3.8, 4) is 5.75 Å². The van der Waals surface area contributed by atoms with Gasteiger partial charge in [-0.3, -0.25) is 4.98 Å². The molecular weight excluding hydrogens is 296 g/mol. The van der Waals surface area contributed by atoms with Crippen LogP contribution >= 0.6 is 0 Å². The molecule has 0 fully saturated rings. The Labute approximate surface area is 133 Å². The zero-order chi connectivity index (χ0) is 16.6. The molecule has 2 aromatic rings. The van der Waals surface area contributed by atoms with Gasteiger partial charge < -0.3 is 10.1 Å². The average molecular weight is 316 g/mol. The van der Waals surface area contributed by atoms with E-state index in [-0.39, 0.29) is 18.0 Å². The van der Waals surface area contributed by atoms with Gasteiger partial charge in [-0.1, -0.05) is 12.1 Å². The lowest BCUT2D eigenvalue weighted by molar-refractivity contribution is 0.356. The molecule has 2 heterocycles. The fourth-order valence-corrected chi connectivity index (χ4v) is 2.69. The molecule has 1 aromatic carbocycles. The lowest BCUT2D eigenvalue weighted by atomic mass is 10.0. The molecule has 0 unspecified atom stereocenters. The fourth-order valence-electron chi connectivity index (χ4n) is 2.69. The number of hydrogen-bond acceptors (Lipinski definition) is 5. The molecule has 1 aromatic heterocycles. The minimum Gasteiger partial charge on any atom is -0.493 e. The Kier molecular flexibility index (Phi) is 3.94. The molecule has 0 amide bonds. The number of ether oxygens (including phenoxy) is 1. The summed E-state index contributed by atoms with van der Waals surface area (Å²) in [5.41, 5.74) is 1.18. The Balaban J connectivity index is 1.84. The highest BCUT2D eigenvalue weighted by molar-refractivity contribution is 5.42. The summed E-state index contributed by atoms with van der Waals surface area (Å²) in [6.45, 7) is 6.17. The van der Waals surface area contributed by atoms with Gasteiger partial charge in [-0.25, -0.2) is 14.2 Å². The number of nitrogens with zero attached hydrogens (tertiary/aromatic N) is 2. The van der Waals surface area contributed by atoms with Crippen LogP contribution in [0.3, 0.4) is 0 Å². The third kappa shape index (κ3) is 2.99. The van der Waals surface area contributed by atoms with Gasteiger partial charge >= 0.3 is 11.4 Å². The minimum absolute atomic E-state index is 0.123. The number of anilines is 1. The molecule has 0 bridgehead atoms. The molecule has 3 rings (SSSR count). The molecule has 1 atom stereocenters. The highest BCUT2D eigenvalue weighted by atomic mass is 16.5. The van der Waals surface area contributed by atoms with Crippen LogP contribution < -0.4 is 21.4 Å². The van der Waals surface area contributed by atoms with E-state index in [1.165, 1.54) is 5.56 Å². The maximum Gasteiger partial charge on any atom is 0.355 e. The second-order valence-electron chi connectivity index (χ2n) is 5.97. The van der Waals surface area contributed by atoms with Gasteiger partial charge in [-0.15, -0.1) is 0 Å². The maximum atomic E-state index is 12.0. The van der Waals surface area contributed by atoms with E-state index in [9.17, 15) is 9.59 Å². The van der Waals surface area contributed by atoms with Gasteiger partial charge in [0.15, 0.2) is 0 Å². The Morgan fingerprint density at radius 2 is 2.09 bits per heavy atom. The first-order chi connectivity index (χ1) is 11.0. The third-order valence-electron chi connectivity index (χ3n) is 3.95. The minimum atomic E-state index is -0.560. The van der Waals surface area contributed by atoms with Crippen LogP contribution in [0.1, 0.15) is 44.0 Å². The Hall–Kier alpha value is -2.57. The number of aromatic nitrogens is 3. The van der Waals surface area contributed by atoms with Gasteiger partial charge in [0.05, 0.1) is 12.6 Å². The van der Waals surface area contributed by atoms with E-state index in [1.807, 2.05) is 25.1 Å². The summed E-state index contributed by atoms with van der Waals surface area (Å²) in [6.07, 6.45) is 0.930. The predicted octanol–water partition coefficient (Wildman–Crippen LogP) is 1.62. The maximum absolute atomic E-state index is 12.0. The molecule has 1 aliphatic heterocycles. The first-order valence-electron chi connectivity index (χ1n) is 7.70. The first-order valence-corrected chi connectivity index (χ1v) is 7.70. The van der Waals surface area contributed by atoms with E-state index in [2.05, 4.69) is 15.3 Å².